The molecule has 0 spiro atoms. The van der Waals surface area contributed by atoms with Crippen LogP contribution in [0.5, 0.6) is 0 Å². The summed E-state index contributed by atoms with van der Waals surface area (Å²) in [4.78, 5) is 4.81. The van der Waals surface area contributed by atoms with Gasteiger partial charge in [0, 0.05) is 45.0 Å². The highest BCUT2D eigenvalue weighted by atomic mass is 15.1. The van der Waals surface area contributed by atoms with Crippen molar-refractivity contribution in [3.63, 3.8) is 0 Å². The van der Waals surface area contributed by atoms with Crippen molar-refractivity contribution in [3.05, 3.63) is 356 Å². The van der Waals surface area contributed by atoms with Crippen molar-refractivity contribution < 1.29 is 0 Å². The van der Waals surface area contributed by atoms with E-state index in [0.717, 1.165) is 34.1 Å². The third-order valence-corrected chi connectivity index (χ3v) is 19.5. The Balaban J connectivity index is 0.749. The van der Waals surface area contributed by atoms with E-state index >= 15 is 0 Å². The van der Waals surface area contributed by atoms with E-state index in [0.29, 0.717) is 0 Å². The zero-order chi connectivity index (χ0) is 60.8. The van der Waals surface area contributed by atoms with Gasteiger partial charge < -0.3 is 9.80 Å². The Morgan fingerprint density at radius 1 is 0.236 bits per heavy atom. The Labute approximate surface area is 526 Å². The number of hydrogen-bond donors (Lipinski definition) is 0. The maximum atomic E-state index is 2.46. The molecule has 430 valence electrons. The number of hydrogen-bond acceptors (Lipinski definition) is 2. The maximum absolute atomic E-state index is 2.46. The molecule has 0 aliphatic heterocycles. The fourth-order valence-corrected chi connectivity index (χ4v) is 15.1. The molecule has 2 nitrogen and oxygen atoms in total. The Kier molecular flexibility index (Phi) is 13.4. The molecule has 89 heavy (non-hydrogen) atoms. The SMILES string of the molecule is Cc1cccc(N(c2cccc(C)c2)c2ccc3c(c2)C(C)(C)c2cc(/C=C/c4ccc5c(c4)C(c4ccccc4)(c4ccccc4)c4cc(/C=C/c6ccc7c(c6)C(C)(C)c6cc(N(c8cccc(C)c8)c8cccc(C)c8)ccc6-7)ccc4-5)ccc2-3)c1. The average molecular weight is 1150 g/mol. The van der Waals surface area contributed by atoms with Gasteiger partial charge in [-0.3, -0.25) is 0 Å². The molecular weight excluding hydrogens is 1070 g/mol. The van der Waals surface area contributed by atoms with E-state index in [1.54, 1.807) is 0 Å². The van der Waals surface area contributed by atoms with Gasteiger partial charge in [-0.1, -0.05) is 234 Å². The number of aryl methyl sites for hydroxylation is 4. The Morgan fingerprint density at radius 2 is 0.494 bits per heavy atom. The van der Waals surface area contributed by atoms with E-state index in [-0.39, 0.29) is 10.8 Å². The highest BCUT2D eigenvalue weighted by molar-refractivity contribution is 5.92. The van der Waals surface area contributed by atoms with Gasteiger partial charge in [-0.25, -0.2) is 0 Å². The molecule has 0 heterocycles. The summed E-state index contributed by atoms with van der Waals surface area (Å²) in [5.41, 5.74) is 33.9. The van der Waals surface area contributed by atoms with Crippen molar-refractivity contribution in [2.75, 3.05) is 9.80 Å². The fraction of sp³-hybridized carbons (Fsp3) is 0.126. The predicted molar refractivity (Wildman–Crippen MR) is 378 cm³/mol. The molecule has 0 radical (unpaired) electrons. The molecule has 0 aromatic heterocycles. The summed E-state index contributed by atoms with van der Waals surface area (Å²) in [5, 5.41) is 0. The van der Waals surface area contributed by atoms with Crippen LogP contribution in [0.3, 0.4) is 0 Å². The summed E-state index contributed by atoms with van der Waals surface area (Å²) in [6, 6.07) is 100. The predicted octanol–water partition coefficient (Wildman–Crippen LogP) is 23.2. The molecule has 0 unspecified atom stereocenters. The largest absolute Gasteiger partial charge is 0.310 e. The molecule has 0 amide bonds. The minimum absolute atomic E-state index is 0.211. The molecular formula is C87H72N2. The lowest BCUT2D eigenvalue weighted by Crippen LogP contribution is -2.28. The molecule has 0 N–H and O–H groups in total. The lowest BCUT2D eigenvalue weighted by molar-refractivity contribution is 0.660. The second kappa shape index (κ2) is 21.5. The summed E-state index contributed by atoms with van der Waals surface area (Å²) in [7, 11) is 0. The van der Waals surface area contributed by atoms with Crippen LogP contribution in [0.25, 0.3) is 57.7 Å². The van der Waals surface area contributed by atoms with Gasteiger partial charge in [0.2, 0.25) is 0 Å². The fourth-order valence-electron chi connectivity index (χ4n) is 15.1. The van der Waals surface area contributed by atoms with Crippen molar-refractivity contribution >= 4 is 58.4 Å². The second-order valence-electron chi connectivity index (χ2n) is 26.1. The zero-order valence-electron chi connectivity index (χ0n) is 52.1. The van der Waals surface area contributed by atoms with Crippen LogP contribution in [0.15, 0.2) is 267 Å². The molecule has 12 aromatic rings. The lowest BCUT2D eigenvalue weighted by Gasteiger charge is -2.34. The smallest absolute Gasteiger partial charge is 0.0713 e. The maximum Gasteiger partial charge on any atom is 0.0713 e. The third kappa shape index (κ3) is 9.40. The lowest BCUT2D eigenvalue weighted by atomic mass is 9.67. The van der Waals surface area contributed by atoms with Crippen molar-refractivity contribution in [2.24, 2.45) is 0 Å². The molecule has 0 atom stereocenters. The molecule has 3 aliphatic carbocycles. The number of anilines is 6. The van der Waals surface area contributed by atoms with Crippen molar-refractivity contribution in [1.29, 1.82) is 0 Å². The summed E-state index contributed by atoms with van der Waals surface area (Å²) >= 11 is 0. The van der Waals surface area contributed by atoms with Crippen LogP contribution in [0.1, 0.15) is 117 Å². The standard InChI is InChI=1S/C87H72N2/c1-57-19-15-27-67(47-57)88(68-28-16-20-58(2)48-68)71-39-45-75-73-41-35-61(51-79(73)85(5,6)81(75)55-71)31-33-63-37-43-77-78-44-38-64(54-84(78)87(83(77)53-63,65-23-11-9-12-24-65)66-25-13-10-14-26-66)34-32-62-36-42-74-76-46-40-72(56-82(76)86(7,8)80(74)52-62)89(69-29-17-21-59(3)49-69)70-30-18-22-60(4)50-70/h9-56H,1-8H3/b33-31+,34-32+. The van der Waals surface area contributed by atoms with E-state index in [1.165, 1.54) is 122 Å². The average Bonchev–Trinajstić information content (AvgIpc) is 1.57. The van der Waals surface area contributed by atoms with Crippen LogP contribution in [0.2, 0.25) is 0 Å². The van der Waals surface area contributed by atoms with Gasteiger partial charge in [-0.15, -0.1) is 0 Å². The normalized spacial score (nSPS) is 14.2. The minimum Gasteiger partial charge on any atom is -0.310 e. The van der Waals surface area contributed by atoms with Gasteiger partial charge in [-0.05, 0) is 235 Å². The Morgan fingerprint density at radius 3 is 0.798 bits per heavy atom. The number of rotatable bonds is 12. The van der Waals surface area contributed by atoms with Gasteiger partial charge in [-0.2, -0.15) is 0 Å². The first-order chi connectivity index (χ1) is 43.2. The van der Waals surface area contributed by atoms with Gasteiger partial charge in [0.15, 0.2) is 0 Å². The first-order valence-corrected chi connectivity index (χ1v) is 31.4. The van der Waals surface area contributed by atoms with Crippen molar-refractivity contribution in [1.82, 2.24) is 0 Å². The summed E-state index contributed by atoms with van der Waals surface area (Å²) < 4.78 is 0. The quantitative estimate of drug-likeness (QED) is 0.113. The molecule has 0 fully saturated rings. The zero-order valence-corrected chi connectivity index (χ0v) is 52.1. The summed E-state index contributed by atoms with van der Waals surface area (Å²) in [6.45, 7) is 18.2. The first kappa shape index (κ1) is 55.3. The highest BCUT2D eigenvalue weighted by Gasteiger charge is 2.46. The van der Waals surface area contributed by atoms with Crippen LogP contribution in [-0.2, 0) is 16.2 Å². The van der Waals surface area contributed by atoms with E-state index in [2.05, 4.69) is 356 Å². The minimum atomic E-state index is -0.562. The molecule has 0 bridgehead atoms. The van der Waals surface area contributed by atoms with Crippen LogP contribution < -0.4 is 9.80 Å². The Bertz CT molecular complexity index is 4440. The molecule has 3 aliphatic rings. The van der Waals surface area contributed by atoms with Gasteiger partial charge in [0.25, 0.3) is 0 Å². The number of nitrogens with zero attached hydrogens (tertiary/aromatic N) is 2. The number of benzene rings is 12. The monoisotopic (exact) mass is 1140 g/mol. The molecule has 2 heteroatoms. The van der Waals surface area contributed by atoms with Crippen LogP contribution in [0, 0.1) is 27.7 Å². The summed E-state index contributed by atoms with van der Waals surface area (Å²) in [5.74, 6) is 0. The van der Waals surface area contributed by atoms with Gasteiger partial charge in [0.1, 0.15) is 0 Å². The third-order valence-electron chi connectivity index (χ3n) is 19.5. The second-order valence-corrected chi connectivity index (χ2v) is 26.1. The van der Waals surface area contributed by atoms with Crippen LogP contribution in [-0.4, -0.2) is 0 Å². The van der Waals surface area contributed by atoms with E-state index in [4.69, 9.17) is 0 Å². The number of fused-ring (bicyclic) bond motifs is 9. The van der Waals surface area contributed by atoms with Gasteiger partial charge in [0.05, 0.1) is 5.41 Å². The topological polar surface area (TPSA) is 6.48 Å². The first-order valence-electron chi connectivity index (χ1n) is 31.4. The molecule has 0 saturated heterocycles. The summed E-state index contributed by atoms with van der Waals surface area (Å²) in [6.07, 6.45) is 9.25. The van der Waals surface area contributed by atoms with Crippen molar-refractivity contribution in [3.8, 4) is 33.4 Å². The Hall–Kier alpha value is -10.3. The highest BCUT2D eigenvalue weighted by Crippen LogP contribution is 2.58. The molecule has 15 rings (SSSR count). The van der Waals surface area contributed by atoms with Crippen LogP contribution in [0.4, 0.5) is 34.1 Å². The van der Waals surface area contributed by atoms with Crippen LogP contribution >= 0.6 is 0 Å². The van der Waals surface area contributed by atoms with Crippen molar-refractivity contribution in [2.45, 2.75) is 71.6 Å². The van der Waals surface area contributed by atoms with E-state index in [9.17, 15) is 0 Å². The molecule has 12 aromatic carbocycles. The molecule has 0 saturated carbocycles. The van der Waals surface area contributed by atoms with E-state index < -0.39 is 5.41 Å². The van der Waals surface area contributed by atoms with E-state index in [1.807, 2.05) is 0 Å². The van der Waals surface area contributed by atoms with Gasteiger partial charge >= 0.3 is 0 Å².